The third-order valence-corrected chi connectivity index (χ3v) is 3.49. The SMILES string of the molecule is O=[N+]([O-])c1cccnc1Nc1ccc(I)cc1Br. The Morgan fingerprint density at radius 1 is 1.39 bits per heavy atom. The van der Waals surface area contributed by atoms with Gasteiger partial charge in [0.05, 0.1) is 10.6 Å². The summed E-state index contributed by atoms with van der Waals surface area (Å²) in [5.41, 5.74) is 0.681. The number of benzene rings is 1. The summed E-state index contributed by atoms with van der Waals surface area (Å²) in [6.07, 6.45) is 1.51. The van der Waals surface area contributed by atoms with Crippen LogP contribution in [-0.4, -0.2) is 9.91 Å². The van der Waals surface area contributed by atoms with Crippen molar-refractivity contribution in [3.63, 3.8) is 0 Å². The molecule has 0 radical (unpaired) electrons. The molecule has 0 aliphatic carbocycles. The van der Waals surface area contributed by atoms with Gasteiger partial charge in [-0.05, 0) is 62.8 Å². The molecule has 1 aromatic carbocycles. The molecule has 1 aromatic heterocycles. The summed E-state index contributed by atoms with van der Waals surface area (Å²) < 4.78 is 1.90. The van der Waals surface area contributed by atoms with E-state index in [4.69, 9.17) is 0 Å². The van der Waals surface area contributed by atoms with E-state index < -0.39 is 4.92 Å². The second-order valence-electron chi connectivity index (χ2n) is 3.38. The zero-order valence-electron chi connectivity index (χ0n) is 8.93. The normalized spacial score (nSPS) is 10.1. The first kappa shape index (κ1) is 13.2. The van der Waals surface area contributed by atoms with Crippen LogP contribution in [0.15, 0.2) is 41.0 Å². The number of hydrogen-bond acceptors (Lipinski definition) is 4. The van der Waals surface area contributed by atoms with E-state index in [1.54, 1.807) is 0 Å². The Bertz CT molecular complexity index is 607. The Labute approximate surface area is 125 Å². The summed E-state index contributed by atoms with van der Waals surface area (Å²) in [6, 6.07) is 8.60. The fourth-order valence-corrected chi connectivity index (χ4v) is 2.76. The topological polar surface area (TPSA) is 68.1 Å². The van der Waals surface area contributed by atoms with E-state index >= 15 is 0 Å². The smallest absolute Gasteiger partial charge is 0.311 e. The summed E-state index contributed by atoms with van der Waals surface area (Å²) in [5.74, 6) is 0.226. The van der Waals surface area contributed by atoms with Crippen LogP contribution in [0.4, 0.5) is 17.2 Å². The summed E-state index contributed by atoms with van der Waals surface area (Å²) in [6.45, 7) is 0. The Kier molecular flexibility index (Phi) is 4.12. The maximum Gasteiger partial charge on any atom is 0.311 e. The molecule has 0 bridgehead atoms. The van der Waals surface area contributed by atoms with E-state index in [1.807, 2.05) is 18.2 Å². The Morgan fingerprint density at radius 3 is 2.83 bits per heavy atom. The van der Waals surface area contributed by atoms with E-state index in [-0.39, 0.29) is 11.5 Å². The van der Waals surface area contributed by atoms with E-state index in [0.717, 1.165) is 13.7 Å². The predicted molar refractivity (Wildman–Crippen MR) is 81.0 cm³/mol. The van der Waals surface area contributed by atoms with Gasteiger partial charge >= 0.3 is 5.69 Å². The summed E-state index contributed by atoms with van der Waals surface area (Å²) in [7, 11) is 0. The highest BCUT2D eigenvalue weighted by atomic mass is 127. The maximum atomic E-state index is 10.9. The number of pyridine rings is 1. The number of rotatable bonds is 3. The van der Waals surface area contributed by atoms with Crippen molar-refractivity contribution in [2.24, 2.45) is 0 Å². The van der Waals surface area contributed by atoms with E-state index in [1.165, 1.54) is 18.3 Å². The van der Waals surface area contributed by atoms with Crippen molar-refractivity contribution < 1.29 is 4.92 Å². The van der Waals surface area contributed by atoms with Crippen molar-refractivity contribution >= 4 is 55.7 Å². The number of halogens is 2. The first-order chi connectivity index (χ1) is 8.58. The number of anilines is 2. The lowest BCUT2D eigenvalue weighted by atomic mass is 10.3. The third-order valence-electron chi connectivity index (χ3n) is 2.17. The fraction of sp³-hybridized carbons (Fsp3) is 0. The number of nitrogens with zero attached hydrogens (tertiary/aromatic N) is 2. The monoisotopic (exact) mass is 419 g/mol. The number of hydrogen-bond donors (Lipinski definition) is 1. The molecule has 2 rings (SSSR count). The van der Waals surface area contributed by atoms with Gasteiger partial charge in [-0.25, -0.2) is 4.98 Å². The van der Waals surface area contributed by atoms with Crippen LogP contribution in [0.5, 0.6) is 0 Å². The van der Waals surface area contributed by atoms with Crippen molar-refractivity contribution in [1.82, 2.24) is 4.98 Å². The summed E-state index contributed by atoms with van der Waals surface area (Å²) in [4.78, 5) is 14.4. The largest absolute Gasteiger partial charge is 0.334 e. The van der Waals surface area contributed by atoms with E-state index in [9.17, 15) is 10.1 Å². The van der Waals surface area contributed by atoms with Crippen LogP contribution in [0.25, 0.3) is 0 Å². The molecule has 2 aromatic rings. The van der Waals surface area contributed by atoms with Gasteiger partial charge in [0.2, 0.25) is 5.82 Å². The molecule has 1 N–H and O–H groups in total. The van der Waals surface area contributed by atoms with Crippen molar-refractivity contribution in [2.45, 2.75) is 0 Å². The summed E-state index contributed by atoms with van der Waals surface area (Å²) in [5, 5.41) is 13.8. The summed E-state index contributed by atoms with van der Waals surface area (Å²) >= 11 is 5.59. The molecule has 0 fully saturated rings. The zero-order valence-corrected chi connectivity index (χ0v) is 12.7. The molecule has 0 saturated heterocycles. The van der Waals surface area contributed by atoms with E-state index in [0.29, 0.717) is 0 Å². The lowest BCUT2D eigenvalue weighted by molar-refractivity contribution is -0.384. The van der Waals surface area contributed by atoms with Crippen LogP contribution in [0.3, 0.4) is 0 Å². The van der Waals surface area contributed by atoms with Crippen molar-refractivity contribution in [3.05, 3.63) is 54.7 Å². The van der Waals surface area contributed by atoms with Crippen molar-refractivity contribution in [2.75, 3.05) is 5.32 Å². The average molecular weight is 420 g/mol. The van der Waals surface area contributed by atoms with Gasteiger partial charge in [-0.3, -0.25) is 10.1 Å². The van der Waals surface area contributed by atoms with Crippen molar-refractivity contribution in [3.8, 4) is 0 Å². The second-order valence-corrected chi connectivity index (χ2v) is 5.48. The fourth-order valence-electron chi connectivity index (χ4n) is 1.36. The molecule has 7 heteroatoms. The van der Waals surface area contributed by atoms with Crippen LogP contribution in [0.2, 0.25) is 0 Å². The van der Waals surface area contributed by atoms with Crippen molar-refractivity contribution in [1.29, 1.82) is 0 Å². The lowest BCUT2D eigenvalue weighted by Crippen LogP contribution is -1.99. The average Bonchev–Trinajstić information content (AvgIpc) is 2.33. The molecule has 5 nitrogen and oxygen atoms in total. The molecular formula is C11H7BrIN3O2. The van der Waals surface area contributed by atoms with Gasteiger partial charge in [0.1, 0.15) is 0 Å². The molecule has 0 aliphatic rings. The second kappa shape index (κ2) is 5.61. The van der Waals surface area contributed by atoms with Gasteiger partial charge in [-0.2, -0.15) is 0 Å². The molecule has 92 valence electrons. The van der Waals surface area contributed by atoms with Gasteiger partial charge < -0.3 is 5.32 Å². The minimum Gasteiger partial charge on any atom is -0.334 e. The quantitative estimate of drug-likeness (QED) is 0.462. The molecule has 0 unspecified atom stereocenters. The lowest BCUT2D eigenvalue weighted by Gasteiger charge is -2.08. The van der Waals surface area contributed by atoms with Gasteiger partial charge in [0, 0.05) is 20.3 Å². The molecule has 1 heterocycles. The molecule has 18 heavy (non-hydrogen) atoms. The van der Waals surface area contributed by atoms with E-state index in [2.05, 4.69) is 48.8 Å². The van der Waals surface area contributed by atoms with Gasteiger partial charge in [-0.1, -0.05) is 0 Å². The molecule has 0 aliphatic heterocycles. The Morgan fingerprint density at radius 2 is 2.17 bits per heavy atom. The standard InChI is InChI=1S/C11H7BrIN3O2/c12-8-6-7(13)3-4-9(8)15-11-10(16(17)18)2-1-5-14-11/h1-6H,(H,14,15). The van der Waals surface area contributed by atoms with Crippen LogP contribution in [0.1, 0.15) is 0 Å². The molecule has 0 atom stereocenters. The first-order valence-electron chi connectivity index (χ1n) is 4.89. The Hall–Kier alpha value is -1.22. The molecule has 0 spiro atoms. The highest BCUT2D eigenvalue weighted by Crippen LogP contribution is 2.30. The highest BCUT2D eigenvalue weighted by Gasteiger charge is 2.14. The van der Waals surface area contributed by atoms with Gasteiger partial charge in [0.15, 0.2) is 0 Å². The number of nitro groups is 1. The highest BCUT2D eigenvalue weighted by molar-refractivity contribution is 14.1. The van der Waals surface area contributed by atoms with Crippen LogP contribution >= 0.6 is 38.5 Å². The van der Waals surface area contributed by atoms with Gasteiger partial charge in [-0.15, -0.1) is 0 Å². The number of aromatic nitrogens is 1. The molecule has 0 amide bonds. The van der Waals surface area contributed by atoms with Gasteiger partial charge in [0.25, 0.3) is 0 Å². The minimum absolute atomic E-state index is 0.0528. The van der Waals surface area contributed by atoms with Crippen LogP contribution < -0.4 is 5.32 Å². The molecule has 0 saturated carbocycles. The third kappa shape index (κ3) is 2.96. The zero-order chi connectivity index (χ0) is 13.1. The van der Waals surface area contributed by atoms with Crippen LogP contribution in [0, 0.1) is 13.7 Å². The first-order valence-corrected chi connectivity index (χ1v) is 6.76. The minimum atomic E-state index is -0.462. The predicted octanol–water partition coefficient (Wildman–Crippen LogP) is 4.10. The molecular weight excluding hydrogens is 413 g/mol. The maximum absolute atomic E-state index is 10.9. The number of nitrogens with one attached hydrogen (secondary N) is 1. The van der Waals surface area contributed by atoms with Crippen LogP contribution in [-0.2, 0) is 0 Å². The Balaban J connectivity index is 2.37.